The van der Waals surface area contributed by atoms with Gasteiger partial charge in [0, 0.05) is 12.1 Å². The summed E-state index contributed by atoms with van der Waals surface area (Å²) in [5.41, 5.74) is 1.15. The Kier molecular flexibility index (Phi) is 2.32. The molecular weight excluding hydrogens is 150 g/mol. The van der Waals surface area contributed by atoms with Crippen LogP contribution in [0.25, 0.3) is 0 Å². The maximum absolute atomic E-state index is 4.12. The van der Waals surface area contributed by atoms with Gasteiger partial charge in [0.05, 0.1) is 5.69 Å². The van der Waals surface area contributed by atoms with Crippen molar-refractivity contribution in [2.24, 2.45) is 0 Å². The van der Waals surface area contributed by atoms with Gasteiger partial charge in [-0.1, -0.05) is 0 Å². The third kappa shape index (κ3) is 1.61. The molecule has 1 N–H and O–H groups in total. The van der Waals surface area contributed by atoms with E-state index in [1.807, 2.05) is 6.07 Å². The molecule has 2 heterocycles. The van der Waals surface area contributed by atoms with Crippen LogP contribution in [0, 0.1) is 0 Å². The average Bonchev–Trinajstić information content (AvgIpc) is 2.21. The zero-order valence-electron chi connectivity index (χ0n) is 7.03. The second kappa shape index (κ2) is 3.63. The molecular formula is C9H13N3. The second-order valence-corrected chi connectivity index (χ2v) is 3.17. The Hall–Kier alpha value is -0.960. The van der Waals surface area contributed by atoms with Crippen LogP contribution < -0.4 is 5.32 Å². The molecule has 0 amide bonds. The van der Waals surface area contributed by atoms with Gasteiger partial charge in [0.2, 0.25) is 0 Å². The standard InChI is InChI=1S/C9H13N3/c1-2-9(12-11-5-1)8-3-6-10-7-4-8/h1-2,5,8,10H,3-4,6-7H2. The number of hydrogen-bond acceptors (Lipinski definition) is 3. The Morgan fingerprint density at radius 1 is 1.33 bits per heavy atom. The SMILES string of the molecule is c1cnnc(C2CCNCC2)c1. The molecule has 3 heteroatoms. The first-order chi connectivity index (χ1) is 5.97. The van der Waals surface area contributed by atoms with Crippen LogP contribution in [0.1, 0.15) is 24.5 Å². The van der Waals surface area contributed by atoms with Gasteiger partial charge in [-0.2, -0.15) is 10.2 Å². The maximum atomic E-state index is 4.12. The predicted molar refractivity (Wildman–Crippen MR) is 46.9 cm³/mol. The molecule has 3 nitrogen and oxygen atoms in total. The van der Waals surface area contributed by atoms with Gasteiger partial charge in [-0.3, -0.25) is 0 Å². The van der Waals surface area contributed by atoms with Crippen molar-refractivity contribution in [2.45, 2.75) is 18.8 Å². The van der Waals surface area contributed by atoms with E-state index in [9.17, 15) is 0 Å². The summed E-state index contributed by atoms with van der Waals surface area (Å²) in [5, 5.41) is 11.4. The number of nitrogens with one attached hydrogen (secondary N) is 1. The Morgan fingerprint density at radius 3 is 2.83 bits per heavy atom. The molecule has 0 unspecified atom stereocenters. The lowest BCUT2D eigenvalue weighted by Gasteiger charge is -2.21. The molecule has 0 saturated carbocycles. The quantitative estimate of drug-likeness (QED) is 0.669. The summed E-state index contributed by atoms with van der Waals surface area (Å²) in [6.45, 7) is 2.22. The minimum absolute atomic E-state index is 0.625. The minimum Gasteiger partial charge on any atom is -0.317 e. The van der Waals surface area contributed by atoms with Gasteiger partial charge in [-0.25, -0.2) is 0 Å². The summed E-state index contributed by atoms with van der Waals surface area (Å²) in [4.78, 5) is 0. The van der Waals surface area contributed by atoms with Crippen LogP contribution >= 0.6 is 0 Å². The van der Waals surface area contributed by atoms with Gasteiger partial charge in [0.15, 0.2) is 0 Å². The Balaban J connectivity index is 2.08. The molecule has 1 aliphatic rings. The summed E-state index contributed by atoms with van der Waals surface area (Å²) >= 11 is 0. The van der Waals surface area contributed by atoms with Crippen molar-refractivity contribution < 1.29 is 0 Å². The van der Waals surface area contributed by atoms with Crippen molar-refractivity contribution in [3.05, 3.63) is 24.0 Å². The summed E-state index contributed by atoms with van der Waals surface area (Å²) < 4.78 is 0. The normalized spacial score (nSPS) is 19.3. The lowest BCUT2D eigenvalue weighted by Crippen LogP contribution is -2.27. The van der Waals surface area contributed by atoms with Gasteiger partial charge in [-0.05, 0) is 38.1 Å². The molecule has 1 saturated heterocycles. The van der Waals surface area contributed by atoms with Crippen molar-refractivity contribution in [3.8, 4) is 0 Å². The lowest BCUT2D eigenvalue weighted by atomic mass is 9.95. The maximum Gasteiger partial charge on any atom is 0.0662 e. The molecule has 0 aromatic carbocycles. The molecule has 1 aliphatic heterocycles. The highest BCUT2D eigenvalue weighted by Gasteiger charge is 2.15. The third-order valence-corrected chi connectivity index (χ3v) is 2.35. The number of piperidine rings is 1. The minimum atomic E-state index is 0.625. The van der Waals surface area contributed by atoms with Gasteiger partial charge in [0.25, 0.3) is 0 Å². The Bertz CT molecular complexity index is 229. The first-order valence-electron chi connectivity index (χ1n) is 4.45. The van der Waals surface area contributed by atoms with E-state index in [-0.39, 0.29) is 0 Å². The highest BCUT2D eigenvalue weighted by molar-refractivity contribution is 5.07. The van der Waals surface area contributed by atoms with Crippen LogP contribution in [0.5, 0.6) is 0 Å². The number of hydrogen-bond donors (Lipinski definition) is 1. The average molecular weight is 163 g/mol. The first kappa shape index (κ1) is 7.68. The largest absolute Gasteiger partial charge is 0.317 e. The Morgan fingerprint density at radius 2 is 2.17 bits per heavy atom. The third-order valence-electron chi connectivity index (χ3n) is 2.35. The van der Waals surface area contributed by atoms with Crippen LogP contribution in [-0.4, -0.2) is 23.3 Å². The monoisotopic (exact) mass is 163 g/mol. The van der Waals surface area contributed by atoms with Gasteiger partial charge >= 0.3 is 0 Å². The van der Waals surface area contributed by atoms with E-state index in [1.165, 1.54) is 12.8 Å². The zero-order chi connectivity index (χ0) is 8.23. The van der Waals surface area contributed by atoms with Crippen LogP contribution in [0.2, 0.25) is 0 Å². The summed E-state index contributed by atoms with van der Waals surface area (Å²) in [5.74, 6) is 0.625. The van der Waals surface area contributed by atoms with Gasteiger partial charge in [0.1, 0.15) is 0 Å². The van der Waals surface area contributed by atoms with Crippen molar-refractivity contribution in [2.75, 3.05) is 13.1 Å². The fourth-order valence-corrected chi connectivity index (χ4v) is 1.65. The van der Waals surface area contributed by atoms with Gasteiger partial charge in [-0.15, -0.1) is 0 Å². The predicted octanol–water partition coefficient (Wildman–Crippen LogP) is 0.944. The van der Waals surface area contributed by atoms with E-state index >= 15 is 0 Å². The highest BCUT2D eigenvalue weighted by Crippen LogP contribution is 2.21. The van der Waals surface area contributed by atoms with Crippen LogP contribution in [0.15, 0.2) is 18.3 Å². The molecule has 0 radical (unpaired) electrons. The molecule has 0 bridgehead atoms. The summed E-state index contributed by atoms with van der Waals surface area (Å²) in [6.07, 6.45) is 4.11. The van der Waals surface area contributed by atoms with E-state index < -0.39 is 0 Å². The van der Waals surface area contributed by atoms with E-state index in [0.717, 1.165) is 18.8 Å². The summed E-state index contributed by atoms with van der Waals surface area (Å²) in [6, 6.07) is 4.04. The molecule has 0 atom stereocenters. The number of rotatable bonds is 1. The molecule has 64 valence electrons. The molecule has 12 heavy (non-hydrogen) atoms. The molecule has 0 aliphatic carbocycles. The van der Waals surface area contributed by atoms with Crippen molar-refractivity contribution in [1.29, 1.82) is 0 Å². The molecule has 1 aromatic heterocycles. The Labute approximate surface area is 72.2 Å². The van der Waals surface area contributed by atoms with Crippen LogP contribution in [-0.2, 0) is 0 Å². The first-order valence-corrected chi connectivity index (χ1v) is 4.45. The van der Waals surface area contributed by atoms with Crippen molar-refractivity contribution >= 4 is 0 Å². The fourth-order valence-electron chi connectivity index (χ4n) is 1.65. The van der Waals surface area contributed by atoms with Crippen molar-refractivity contribution in [3.63, 3.8) is 0 Å². The summed E-state index contributed by atoms with van der Waals surface area (Å²) in [7, 11) is 0. The van der Waals surface area contributed by atoms with Crippen LogP contribution in [0.3, 0.4) is 0 Å². The van der Waals surface area contributed by atoms with Crippen molar-refractivity contribution in [1.82, 2.24) is 15.5 Å². The van der Waals surface area contributed by atoms with E-state index in [0.29, 0.717) is 5.92 Å². The molecule has 0 spiro atoms. The van der Waals surface area contributed by atoms with Crippen LogP contribution in [0.4, 0.5) is 0 Å². The fraction of sp³-hybridized carbons (Fsp3) is 0.556. The van der Waals surface area contributed by atoms with E-state index in [4.69, 9.17) is 0 Å². The highest BCUT2D eigenvalue weighted by atomic mass is 15.1. The lowest BCUT2D eigenvalue weighted by molar-refractivity contribution is 0.450. The molecule has 1 aromatic rings. The number of aromatic nitrogens is 2. The molecule has 2 rings (SSSR count). The topological polar surface area (TPSA) is 37.8 Å². The second-order valence-electron chi connectivity index (χ2n) is 3.17. The van der Waals surface area contributed by atoms with E-state index in [2.05, 4.69) is 21.6 Å². The molecule has 1 fully saturated rings. The van der Waals surface area contributed by atoms with Gasteiger partial charge < -0.3 is 5.32 Å². The number of nitrogens with zero attached hydrogens (tertiary/aromatic N) is 2. The smallest absolute Gasteiger partial charge is 0.0662 e. The van der Waals surface area contributed by atoms with E-state index in [1.54, 1.807) is 6.20 Å². The zero-order valence-corrected chi connectivity index (χ0v) is 7.03.